The summed E-state index contributed by atoms with van der Waals surface area (Å²) in [6.45, 7) is 2.95. The number of nitrogens with zero attached hydrogens (tertiary/aromatic N) is 2. The van der Waals surface area contributed by atoms with Crippen molar-refractivity contribution in [2.24, 2.45) is 17.8 Å². The Labute approximate surface area is 167 Å². The highest BCUT2D eigenvalue weighted by molar-refractivity contribution is 5.94. The zero-order valence-corrected chi connectivity index (χ0v) is 17.1. The molecular formula is C23H33N3O2. The smallest absolute Gasteiger partial charge is 0.263 e. The molecule has 4 bridgehead atoms. The molecule has 1 saturated heterocycles. The van der Waals surface area contributed by atoms with Gasteiger partial charge in [-0.2, -0.15) is 0 Å². The Kier molecular flexibility index (Phi) is 4.59. The molecule has 2 heterocycles. The van der Waals surface area contributed by atoms with Crippen molar-refractivity contribution in [3.63, 3.8) is 0 Å². The molecule has 5 heteroatoms. The number of rotatable bonds is 5. The molecule has 5 nitrogen and oxygen atoms in total. The second kappa shape index (κ2) is 7.00. The van der Waals surface area contributed by atoms with Gasteiger partial charge in [0.05, 0.1) is 0 Å². The van der Waals surface area contributed by atoms with E-state index in [1.165, 1.54) is 38.5 Å². The molecule has 4 saturated carbocycles. The molecule has 1 N–H and O–H groups in total. The van der Waals surface area contributed by atoms with Crippen LogP contribution in [0.15, 0.2) is 11.0 Å². The maximum atomic E-state index is 13.1. The van der Waals surface area contributed by atoms with Crippen LogP contribution in [-0.2, 0) is 5.41 Å². The van der Waals surface area contributed by atoms with Gasteiger partial charge in [0.2, 0.25) is 0 Å². The lowest BCUT2D eigenvalue weighted by Crippen LogP contribution is -2.50. The molecule has 1 aromatic rings. The third-order valence-corrected chi connectivity index (χ3v) is 8.10. The molecule has 5 fully saturated rings. The Morgan fingerprint density at radius 3 is 2.50 bits per heavy atom. The van der Waals surface area contributed by atoms with Gasteiger partial charge in [-0.25, -0.2) is 4.98 Å². The number of carbonyl (C=O) groups excluding carboxylic acids is 1. The number of unbranched alkanes of at least 4 members (excludes halogenated alkanes) is 1. The van der Waals surface area contributed by atoms with Gasteiger partial charge >= 0.3 is 0 Å². The number of H-pyrrole nitrogens is 1. The van der Waals surface area contributed by atoms with Crippen LogP contribution in [0.5, 0.6) is 0 Å². The number of amides is 1. The van der Waals surface area contributed by atoms with Crippen LogP contribution >= 0.6 is 0 Å². The molecule has 1 atom stereocenters. The maximum absolute atomic E-state index is 13.1. The molecule has 6 rings (SSSR count). The van der Waals surface area contributed by atoms with Crippen molar-refractivity contribution in [1.29, 1.82) is 0 Å². The van der Waals surface area contributed by atoms with E-state index in [1.807, 2.05) is 4.90 Å². The quantitative estimate of drug-likeness (QED) is 0.835. The second-order valence-electron chi connectivity index (χ2n) is 10.1. The summed E-state index contributed by atoms with van der Waals surface area (Å²) in [5.74, 6) is 3.16. The van der Waals surface area contributed by atoms with Crippen molar-refractivity contribution in [3.8, 4) is 0 Å². The predicted molar refractivity (Wildman–Crippen MR) is 108 cm³/mol. The molecule has 28 heavy (non-hydrogen) atoms. The van der Waals surface area contributed by atoms with Gasteiger partial charge in [-0.05, 0) is 75.5 Å². The Morgan fingerprint density at radius 2 is 1.89 bits per heavy atom. The van der Waals surface area contributed by atoms with E-state index in [1.54, 1.807) is 6.20 Å². The number of hydrogen-bond acceptors (Lipinski definition) is 3. The summed E-state index contributed by atoms with van der Waals surface area (Å²) in [5, 5.41) is 0. The van der Waals surface area contributed by atoms with Crippen LogP contribution in [0.4, 0.5) is 0 Å². The van der Waals surface area contributed by atoms with E-state index in [9.17, 15) is 9.59 Å². The van der Waals surface area contributed by atoms with Gasteiger partial charge in [-0.1, -0.05) is 19.8 Å². The number of nitrogens with one attached hydrogen (secondary N) is 1. The topological polar surface area (TPSA) is 66.1 Å². The summed E-state index contributed by atoms with van der Waals surface area (Å²) >= 11 is 0. The van der Waals surface area contributed by atoms with Crippen LogP contribution in [0.2, 0.25) is 0 Å². The molecule has 1 amide bonds. The van der Waals surface area contributed by atoms with Crippen molar-refractivity contribution in [1.82, 2.24) is 14.9 Å². The van der Waals surface area contributed by atoms with E-state index in [2.05, 4.69) is 11.9 Å². The van der Waals surface area contributed by atoms with Gasteiger partial charge in [-0.15, -0.1) is 0 Å². The molecule has 152 valence electrons. The first-order valence-corrected chi connectivity index (χ1v) is 11.5. The van der Waals surface area contributed by atoms with Crippen molar-refractivity contribution in [2.75, 3.05) is 6.54 Å². The molecule has 0 aromatic carbocycles. The van der Waals surface area contributed by atoms with Crippen LogP contribution in [0, 0.1) is 17.8 Å². The zero-order chi connectivity index (χ0) is 19.3. The summed E-state index contributed by atoms with van der Waals surface area (Å²) < 4.78 is 0. The minimum absolute atomic E-state index is 0.0623. The highest BCUT2D eigenvalue weighted by atomic mass is 16.2. The second-order valence-corrected chi connectivity index (χ2v) is 10.1. The number of hydrogen-bond donors (Lipinski definition) is 1. The number of aromatic nitrogens is 2. The fraction of sp³-hybridized carbons (Fsp3) is 0.783. The average molecular weight is 384 g/mol. The lowest BCUT2D eigenvalue weighted by atomic mass is 9.49. The molecule has 1 aromatic heterocycles. The Hall–Kier alpha value is -1.65. The number of likely N-dealkylation sites (tertiary alicyclic amines) is 1. The van der Waals surface area contributed by atoms with Crippen LogP contribution < -0.4 is 5.56 Å². The Morgan fingerprint density at radius 1 is 1.21 bits per heavy atom. The van der Waals surface area contributed by atoms with E-state index in [0.717, 1.165) is 62.2 Å². The normalized spacial score (nSPS) is 36.2. The van der Waals surface area contributed by atoms with E-state index in [4.69, 9.17) is 4.98 Å². The molecule has 0 spiro atoms. The van der Waals surface area contributed by atoms with Crippen LogP contribution in [0.3, 0.4) is 0 Å². The summed E-state index contributed by atoms with van der Waals surface area (Å²) in [6, 6.07) is 0.287. The summed E-state index contributed by atoms with van der Waals surface area (Å²) in [4.78, 5) is 35.7. The third-order valence-electron chi connectivity index (χ3n) is 8.10. The van der Waals surface area contributed by atoms with Crippen LogP contribution in [-0.4, -0.2) is 33.4 Å². The first kappa shape index (κ1) is 18.4. The average Bonchev–Trinajstić information content (AvgIpc) is 3.13. The molecule has 1 aliphatic heterocycles. The Balaban J connectivity index is 1.38. The van der Waals surface area contributed by atoms with Gasteiger partial charge in [0.1, 0.15) is 11.4 Å². The standard InChI is InChI=1S/C23H33N3O2/c1-2-3-5-18-6-4-7-26(18)21(28)19-14-24-22(25-20(19)27)23-11-15-8-16(12-23)10-17(9-15)13-23/h14-18H,2-13H2,1H3,(H,24,25,27). The first-order valence-electron chi connectivity index (χ1n) is 11.5. The van der Waals surface area contributed by atoms with E-state index in [-0.39, 0.29) is 28.5 Å². The van der Waals surface area contributed by atoms with E-state index in [0.29, 0.717) is 0 Å². The molecule has 4 aliphatic carbocycles. The number of carbonyl (C=O) groups is 1. The first-order chi connectivity index (χ1) is 13.6. The zero-order valence-electron chi connectivity index (χ0n) is 17.1. The lowest BCUT2D eigenvalue weighted by Gasteiger charge is -2.56. The summed E-state index contributed by atoms with van der Waals surface area (Å²) in [5.41, 5.74) is 0.0658. The SMILES string of the molecule is CCCCC1CCCN1C(=O)c1cnc(C23CC4CC(CC(C4)C2)C3)[nH]c1=O. The number of aromatic amines is 1. The summed E-state index contributed by atoms with van der Waals surface area (Å²) in [6.07, 6.45) is 14.6. The lowest BCUT2D eigenvalue weighted by molar-refractivity contribution is -0.00955. The maximum Gasteiger partial charge on any atom is 0.263 e. The van der Waals surface area contributed by atoms with Crippen molar-refractivity contribution < 1.29 is 4.79 Å². The van der Waals surface area contributed by atoms with Crippen molar-refractivity contribution in [2.45, 2.75) is 89.0 Å². The highest BCUT2D eigenvalue weighted by Gasteiger charge is 2.53. The van der Waals surface area contributed by atoms with Crippen molar-refractivity contribution >= 4 is 5.91 Å². The summed E-state index contributed by atoms with van der Waals surface area (Å²) in [7, 11) is 0. The largest absolute Gasteiger partial charge is 0.335 e. The Bertz CT molecular complexity index is 779. The van der Waals surface area contributed by atoms with Crippen LogP contribution in [0.25, 0.3) is 0 Å². The third kappa shape index (κ3) is 3.02. The molecule has 0 radical (unpaired) electrons. The van der Waals surface area contributed by atoms with Gasteiger partial charge in [0, 0.05) is 24.2 Å². The highest BCUT2D eigenvalue weighted by Crippen LogP contribution is 2.59. The van der Waals surface area contributed by atoms with Crippen molar-refractivity contribution in [3.05, 3.63) is 27.9 Å². The van der Waals surface area contributed by atoms with Gasteiger partial charge in [0.25, 0.3) is 11.5 Å². The minimum Gasteiger partial charge on any atom is -0.335 e. The van der Waals surface area contributed by atoms with Gasteiger partial charge in [0.15, 0.2) is 0 Å². The minimum atomic E-state index is -0.230. The predicted octanol–water partition coefficient (Wildman–Crippen LogP) is 4.03. The van der Waals surface area contributed by atoms with Crippen LogP contribution in [0.1, 0.15) is 93.7 Å². The monoisotopic (exact) mass is 383 g/mol. The van der Waals surface area contributed by atoms with E-state index >= 15 is 0 Å². The molecule has 1 unspecified atom stereocenters. The van der Waals surface area contributed by atoms with Gasteiger partial charge in [-0.3, -0.25) is 9.59 Å². The van der Waals surface area contributed by atoms with Gasteiger partial charge < -0.3 is 9.88 Å². The fourth-order valence-electron chi connectivity index (χ4n) is 7.22. The molecular weight excluding hydrogens is 350 g/mol. The fourth-order valence-corrected chi connectivity index (χ4v) is 7.22. The van der Waals surface area contributed by atoms with E-state index < -0.39 is 0 Å². The molecule has 5 aliphatic rings.